The number of rotatable bonds is 3. The van der Waals surface area contributed by atoms with Crippen molar-refractivity contribution in [1.82, 2.24) is 9.78 Å². The zero-order valence-corrected chi connectivity index (χ0v) is 13.3. The summed E-state index contributed by atoms with van der Waals surface area (Å²) in [6.45, 7) is 5.68. The largest absolute Gasteiger partial charge is 0.387 e. The first-order valence-electron chi connectivity index (χ1n) is 8.50. The first kappa shape index (κ1) is 15.0. The molecule has 1 aromatic rings. The van der Waals surface area contributed by atoms with Crippen molar-refractivity contribution in [1.29, 1.82) is 0 Å². The zero-order chi connectivity index (χ0) is 14.9. The summed E-state index contributed by atoms with van der Waals surface area (Å²) in [6.07, 6.45) is 7.77. The van der Waals surface area contributed by atoms with E-state index in [-0.39, 0.29) is 5.60 Å². The van der Waals surface area contributed by atoms with Gasteiger partial charge in [0.1, 0.15) is 0 Å². The molecular weight excluding hydrogens is 264 g/mol. The van der Waals surface area contributed by atoms with E-state index in [1.165, 1.54) is 32.1 Å². The van der Waals surface area contributed by atoms with Gasteiger partial charge >= 0.3 is 0 Å². The van der Waals surface area contributed by atoms with Crippen molar-refractivity contribution < 1.29 is 9.84 Å². The molecule has 118 valence electrons. The number of aromatic nitrogens is 2. The zero-order valence-electron chi connectivity index (χ0n) is 13.3. The van der Waals surface area contributed by atoms with Gasteiger partial charge in [-0.2, -0.15) is 5.10 Å². The maximum absolute atomic E-state index is 10.9. The predicted molar refractivity (Wildman–Crippen MR) is 82.1 cm³/mol. The monoisotopic (exact) mass is 292 g/mol. The van der Waals surface area contributed by atoms with Crippen LogP contribution in [0.25, 0.3) is 0 Å². The van der Waals surface area contributed by atoms with Crippen LogP contribution in [0.15, 0.2) is 6.07 Å². The highest BCUT2D eigenvalue weighted by atomic mass is 16.5. The summed E-state index contributed by atoms with van der Waals surface area (Å²) < 4.78 is 8.10. The standard InChI is InChI=1S/C17H28N2O2/c1-3-19-15(11-13(2)18-19)16(20)14-7-10-21-17(12-14)8-5-4-6-9-17/h11,14,16,20H,3-10,12H2,1-2H3. The van der Waals surface area contributed by atoms with Gasteiger partial charge in [0.15, 0.2) is 0 Å². The Hall–Kier alpha value is -0.870. The molecular formula is C17H28N2O2. The van der Waals surface area contributed by atoms with Crippen LogP contribution in [0, 0.1) is 12.8 Å². The summed E-state index contributed by atoms with van der Waals surface area (Å²) in [5, 5.41) is 15.3. The van der Waals surface area contributed by atoms with Crippen LogP contribution in [0.2, 0.25) is 0 Å². The fourth-order valence-corrected chi connectivity index (χ4v) is 4.18. The molecule has 1 saturated carbocycles. The van der Waals surface area contributed by atoms with Crippen molar-refractivity contribution in [2.24, 2.45) is 5.92 Å². The lowest BCUT2D eigenvalue weighted by atomic mass is 9.74. The van der Waals surface area contributed by atoms with Gasteiger partial charge in [0, 0.05) is 13.2 Å². The highest BCUT2D eigenvalue weighted by Crippen LogP contribution is 2.44. The Kier molecular flexibility index (Phi) is 4.36. The van der Waals surface area contributed by atoms with E-state index in [1.54, 1.807) is 0 Å². The molecule has 1 spiro atoms. The van der Waals surface area contributed by atoms with Gasteiger partial charge in [-0.3, -0.25) is 4.68 Å². The molecule has 1 saturated heterocycles. The smallest absolute Gasteiger partial charge is 0.0986 e. The molecule has 1 N–H and O–H groups in total. The molecule has 1 aliphatic heterocycles. The van der Waals surface area contributed by atoms with Crippen LogP contribution in [0.1, 0.15) is 69.4 Å². The van der Waals surface area contributed by atoms with E-state index >= 15 is 0 Å². The average molecular weight is 292 g/mol. The lowest BCUT2D eigenvalue weighted by Gasteiger charge is -2.44. The van der Waals surface area contributed by atoms with Crippen LogP contribution in [0.3, 0.4) is 0 Å². The molecule has 2 heterocycles. The minimum absolute atomic E-state index is 0.0499. The molecule has 0 aromatic carbocycles. The Bertz CT molecular complexity index is 472. The fourth-order valence-electron chi connectivity index (χ4n) is 4.18. The molecule has 4 heteroatoms. The molecule has 21 heavy (non-hydrogen) atoms. The second-order valence-corrected chi connectivity index (χ2v) is 6.82. The van der Waals surface area contributed by atoms with Crippen molar-refractivity contribution in [3.05, 3.63) is 17.5 Å². The number of aliphatic hydroxyl groups excluding tert-OH is 1. The Labute approximate surface area is 127 Å². The number of hydrogen-bond acceptors (Lipinski definition) is 3. The van der Waals surface area contributed by atoms with Gasteiger partial charge in [0.25, 0.3) is 0 Å². The quantitative estimate of drug-likeness (QED) is 0.929. The molecule has 4 nitrogen and oxygen atoms in total. The third-order valence-corrected chi connectivity index (χ3v) is 5.28. The van der Waals surface area contributed by atoms with Crippen molar-refractivity contribution in [2.45, 2.75) is 77.0 Å². The Morgan fingerprint density at radius 1 is 1.43 bits per heavy atom. The summed E-state index contributed by atoms with van der Waals surface area (Å²) in [5.41, 5.74) is 2.02. The van der Waals surface area contributed by atoms with E-state index in [9.17, 15) is 5.11 Å². The molecule has 2 aliphatic rings. The molecule has 1 aromatic heterocycles. The van der Waals surface area contributed by atoms with Gasteiger partial charge in [-0.25, -0.2) is 0 Å². The Morgan fingerprint density at radius 3 is 2.90 bits per heavy atom. The molecule has 0 amide bonds. The lowest BCUT2D eigenvalue weighted by molar-refractivity contribution is -0.134. The second kappa shape index (κ2) is 6.09. The number of nitrogens with zero attached hydrogens (tertiary/aromatic N) is 2. The van der Waals surface area contributed by atoms with Crippen molar-refractivity contribution in [3.8, 4) is 0 Å². The van der Waals surface area contributed by atoms with Gasteiger partial charge in [-0.1, -0.05) is 19.3 Å². The summed E-state index contributed by atoms with van der Waals surface area (Å²) >= 11 is 0. The van der Waals surface area contributed by atoms with E-state index in [0.29, 0.717) is 5.92 Å². The molecule has 3 rings (SSSR count). The first-order valence-corrected chi connectivity index (χ1v) is 8.50. The van der Waals surface area contributed by atoms with Gasteiger partial charge in [-0.05, 0) is 51.5 Å². The van der Waals surface area contributed by atoms with Crippen molar-refractivity contribution in [3.63, 3.8) is 0 Å². The van der Waals surface area contributed by atoms with E-state index in [1.807, 2.05) is 17.7 Å². The molecule has 2 atom stereocenters. The third kappa shape index (κ3) is 3.02. The number of aliphatic hydroxyl groups is 1. The number of hydrogen-bond donors (Lipinski definition) is 1. The molecule has 1 aliphatic carbocycles. The van der Waals surface area contributed by atoms with E-state index in [2.05, 4.69) is 12.0 Å². The SMILES string of the molecule is CCn1nc(C)cc1C(O)C1CCOC2(CCCCC2)C1. The van der Waals surface area contributed by atoms with Crippen LogP contribution in [0.4, 0.5) is 0 Å². The van der Waals surface area contributed by atoms with Crippen LogP contribution >= 0.6 is 0 Å². The highest BCUT2D eigenvalue weighted by molar-refractivity contribution is 5.13. The van der Waals surface area contributed by atoms with E-state index in [0.717, 1.165) is 37.4 Å². The van der Waals surface area contributed by atoms with Gasteiger partial charge in [-0.15, -0.1) is 0 Å². The maximum Gasteiger partial charge on any atom is 0.0986 e. The van der Waals surface area contributed by atoms with Crippen LogP contribution in [0.5, 0.6) is 0 Å². The topological polar surface area (TPSA) is 47.3 Å². The van der Waals surface area contributed by atoms with Crippen molar-refractivity contribution >= 4 is 0 Å². The van der Waals surface area contributed by atoms with E-state index in [4.69, 9.17) is 4.74 Å². The van der Waals surface area contributed by atoms with Gasteiger partial charge in [0.2, 0.25) is 0 Å². The lowest BCUT2D eigenvalue weighted by Crippen LogP contribution is -2.43. The van der Waals surface area contributed by atoms with E-state index < -0.39 is 6.10 Å². The minimum atomic E-state index is -0.408. The van der Waals surface area contributed by atoms with Gasteiger partial charge in [0.05, 0.1) is 23.1 Å². The van der Waals surface area contributed by atoms with Crippen LogP contribution in [-0.4, -0.2) is 27.1 Å². The molecule has 0 radical (unpaired) electrons. The first-order chi connectivity index (χ1) is 10.1. The Balaban J connectivity index is 1.76. The number of aryl methyl sites for hydroxylation is 2. The predicted octanol–water partition coefficient (Wildman–Crippen LogP) is 3.37. The Morgan fingerprint density at radius 2 is 2.19 bits per heavy atom. The maximum atomic E-state index is 10.9. The summed E-state index contributed by atoms with van der Waals surface area (Å²) in [4.78, 5) is 0. The summed E-state index contributed by atoms with van der Waals surface area (Å²) in [6, 6.07) is 2.04. The van der Waals surface area contributed by atoms with Crippen LogP contribution in [-0.2, 0) is 11.3 Å². The molecule has 0 bridgehead atoms. The van der Waals surface area contributed by atoms with Crippen molar-refractivity contribution in [2.75, 3.05) is 6.61 Å². The number of ether oxygens (including phenoxy) is 1. The second-order valence-electron chi connectivity index (χ2n) is 6.82. The van der Waals surface area contributed by atoms with Crippen LogP contribution < -0.4 is 0 Å². The molecule has 2 fully saturated rings. The molecule has 2 unspecified atom stereocenters. The summed E-state index contributed by atoms with van der Waals surface area (Å²) in [7, 11) is 0. The minimum Gasteiger partial charge on any atom is -0.387 e. The van der Waals surface area contributed by atoms with Gasteiger partial charge < -0.3 is 9.84 Å². The summed E-state index contributed by atoms with van der Waals surface area (Å²) in [5.74, 6) is 0.304. The normalized spacial score (nSPS) is 26.9. The third-order valence-electron chi connectivity index (χ3n) is 5.28. The fraction of sp³-hybridized carbons (Fsp3) is 0.824. The average Bonchev–Trinajstić information content (AvgIpc) is 2.88. The highest BCUT2D eigenvalue weighted by Gasteiger charge is 2.41.